The smallest absolute Gasteiger partial charge is 0.319 e. The Labute approximate surface area is 143 Å². The highest BCUT2D eigenvalue weighted by atomic mass is 16.2. The van der Waals surface area contributed by atoms with Gasteiger partial charge in [0.2, 0.25) is 5.91 Å². The molecule has 1 aromatic heterocycles. The maximum absolute atomic E-state index is 12.0. The van der Waals surface area contributed by atoms with Crippen molar-refractivity contribution in [3.63, 3.8) is 0 Å². The second-order valence-corrected chi connectivity index (χ2v) is 6.34. The molecule has 1 aliphatic heterocycles. The van der Waals surface area contributed by atoms with Crippen molar-refractivity contribution in [2.24, 2.45) is 0 Å². The van der Waals surface area contributed by atoms with Crippen molar-refractivity contribution in [2.45, 2.75) is 38.8 Å². The lowest BCUT2D eigenvalue weighted by Crippen LogP contribution is -2.40. The molecule has 0 saturated carbocycles. The molecule has 1 aromatic rings. The fraction of sp³-hybridized carbons (Fsp3) is 0.688. The van der Waals surface area contributed by atoms with Crippen molar-refractivity contribution in [3.8, 4) is 0 Å². The zero-order chi connectivity index (χ0) is 17.5. The van der Waals surface area contributed by atoms with E-state index in [9.17, 15) is 9.59 Å². The van der Waals surface area contributed by atoms with Gasteiger partial charge in [0.25, 0.3) is 0 Å². The third kappa shape index (κ3) is 5.23. The van der Waals surface area contributed by atoms with Gasteiger partial charge in [0, 0.05) is 44.8 Å². The normalized spacial score (nSPS) is 17.6. The summed E-state index contributed by atoms with van der Waals surface area (Å²) in [5.41, 5.74) is 0.679. The molecule has 2 N–H and O–H groups in total. The highest BCUT2D eigenvalue weighted by Crippen LogP contribution is 2.20. The standard InChI is InChI=1S/C16H28N6O2/c1-4-21-12-13(11-18-21)19-16(24)17-8-7-14-5-6-15(23)22(14)10-9-20(2)3/h11-12,14H,4-10H2,1-3H3,(H2,17,19,24). The number of nitrogens with one attached hydrogen (secondary N) is 2. The third-order valence-corrected chi connectivity index (χ3v) is 4.22. The lowest BCUT2D eigenvalue weighted by atomic mass is 10.1. The van der Waals surface area contributed by atoms with Crippen LogP contribution in [-0.2, 0) is 11.3 Å². The maximum Gasteiger partial charge on any atom is 0.319 e. The molecule has 8 heteroatoms. The number of aryl methyl sites for hydroxylation is 1. The van der Waals surface area contributed by atoms with Gasteiger partial charge in [-0.15, -0.1) is 0 Å². The number of hydrogen-bond donors (Lipinski definition) is 2. The predicted molar refractivity (Wildman–Crippen MR) is 92.8 cm³/mol. The molecular formula is C16H28N6O2. The Morgan fingerprint density at radius 3 is 2.92 bits per heavy atom. The largest absolute Gasteiger partial charge is 0.338 e. The van der Waals surface area contributed by atoms with Crippen LogP contribution in [0.5, 0.6) is 0 Å². The summed E-state index contributed by atoms with van der Waals surface area (Å²) < 4.78 is 1.75. The van der Waals surface area contributed by atoms with E-state index < -0.39 is 0 Å². The first-order valence-corrected chi connectivity index (χ1v) is 8.51. The summed E-state index contributed by atoms with van der Waals surface area (Å²) in [6.07, 6.45) is 5.68. The first-order valence-electron chi connectivity index (χ1n) is 8.51. The molecule has 0 spiro atoms. The van der Waals surface area contributed by atoms with Crippen LogP contribution in [0, 0.1) is 0 Å². The first kappa shape index (κ1) is 18.3. The Hall–Kier alpha value is -2.09. The Balaban J connectivity index is 1.72. The molecule has 0 bridgehead atoms. The van der Waals surface area contributed by atoms with Crippen LogP contribution in [0.1, 0.15) is 26.2 Å². The van der Waals surface area contributed by atoms with Gasteiger partial charge in [0.05, 0.1) is 11.9 Å². The molecule has 134 valence electrons. The number of carbonyl (C=O) groups excluding carboxylic acids is 2. The fourth-order valence-corrected chi connectivity index (χ4v) is 2.84. The first-order chi connectivity index (χ1) is 11.5. The summed E-state index contributed by atoms with van der Waals surface area (Å²) in [6, 6.07) is -0.0181. The number of urea groups is 1. The lowest BCUT2D eigenvalue weighted by molar-refractivity contribution is -0.129. The zero-order valence-corrected chi connectivity index (χ0v) is 14.8. The van der Waals surface area contributed by atoms with E-state index in [0.29, 0.717) is 18.7 Å². The van der Waals surface area contributed by atoms with Crippen molar-refractivity contribution in [1.82, 2.24) is 24.9 Å². The van der Waals surface area contributed by atoms with E-state index in [1.165, 1.54) is 0 Å². The molecule has 1 fully saturated rings. The lowest BCUT2D eigenvalue weighted by Gasteiger charge is -2.26. The van der Waals surface area contributed by atoms with Gasteiger partial charge in [-0.2, -0.15) is 5.10 Å². The topological polar surface area (TPSA) is 82.5 Å². The Morgan fingerprint density at radius 2 is 2.25 bits per heavy atom. The van der Waals surface area contributed by atoms with Crippen molar-refractivity contribution in [3.05, 3.63) is 12.4 Å². The van der Waals surface area contributed by atoms with Crippen molar-refractivity contribution in [2.75, 3.05) is 39.0 Å². The van der Waals surface area contributed by atoms with Gasteiger partial charge in [-0.3, -0.25) is 9.48 Å². The number of rotatable bonds is 8. The molecule has 8 nitrogen and oxygen atoms in total. The van der Waals surface area contributed by atoms with Crippen molar-refractivity contribution >= 4 is 17.6 Å². The molecule has 24 heavy (non-hydrogen) atoms. The van der Waals surface area contributed by atoms with Crippen LogP contribution in [0.25, 0.3) is 0 Å². The zero-order valence-electron chi connectivity index (χ0n) is 14.8. The van der Waals surface area contributed by atoms with Gasteiger partial charge in [-0.1, -0.05) is 0 Å². The minimum absolute atomic E-state index is 0.221. The molecule has 2 heterocycles. The Bertz CT molecular complexity index is 557. The van der Waals surface area contributed by atoms with E-state index in [1.807, 2.05) is 25.9 Å². The van der Waals surface area contributed by atoms with Gasteiger partial charge in [0.1, 0.15) is 0 Å². The Morgan fingerprint density at radius 1 is 1.46 bits per heavy atom. The second kappa shape index (κ2) is 8.68. The van der Waals surface area contributed by atoms with Gasteiger partial charge >= 0.3 is 6.03 Å². The van der Waals surface area contributed by atoms with Gasteiger partial charge in [-0.05, 0) is 33.9 Å². The molecule has 2 rings (SSSR count). The molecule has 0 aliphatic carbocycles. The van der Waals surface area contributed by atoms with Crippen molar-refractivity contribution < 1.29 is 9.59 Å². The number of likely N-dealkylation sites (tertiary alicyclic amines) is 1. The summed E-state index contributed by atoms with van der Waals surface area (Å²) in [7, 11) is 4.00. The van der Waals surface area contributed by atoms with Crippen LogP contribution >= 0.6 is 0 Å². The van der Waals surface area contributed by atoms with Crippen LogP contribution in [-0.4, -0.2) is 71.3 Å². The monoisotopic (exact) mass is 336 g/mol. The van der Waals surface area contributed by atoms with Crippen LogP contribution in [0.3, 0.4) is 0 Å². The SMILES string of the molecule is CCn1cc(NC(=O)NCCC2CCC(=O)N2CCN(C)C)cn1. The van der Waals surface area contributed by atoms with E-state index in [2.05, 4.69) is 20.6 Å². The summed E-state index contributed by atoms with van der Waals surface area (Å²) >= 11 is 0. The van der Waals surface area contributed by atoms with E-state index >= 15 is 0 Å². The molecule has 1 aliphatic rings. The average molecular weight is 336 g/mol. The highest BCUT2D eigenvalue weighted by Gasteiger charge is 2.30. The molecule has 1 saturated heterocycles. The minimum Gasteiger partial charge on any atom is -0.338 e. The quantitative estimate of drug-likeness (QED) is 0.741. The van der Waals surface area contributed by atoms with Crippen LogP contribution in [0.4, 0.5) is 10.5 Å². The molecule has 0 aromatic carbocycles. The third-order valence-electron chi connectivity index (χ3n) is 4.22. The minimum atomic E-state index is -0.241. The highest BCUT2D eigenvalue weighted by molar-refractivity contribution is 5.88. The summed E-state index contributed by atoms with van der Waals surface area (Å²) in [6.45, 7) is 4.91. The number of hydrogen-bond acceptors (Lipinski definition) is 4. The molecule has 0 radical (unpaired) electrons. The Kier molecular flexibility index (Phi) is 6.60. The van der Waals surface area contributed by atoms with Crippen LogP contribution < -0.4 is 10.6 Å². The molecule has 1 unspecified atom stereocenters. The predicted octanol–water partition coefficient (Wildman–Crippen LogP) is 0.967. The van der Waals surface area contributed by atoms with E-state index in [4.69, 9.17) is 0 Å². The van der Waals surface area contributed by atoms with Gasteiger partial charge in [-0.25, -0.2) is 4.79 Å². The summed E-state index contributed by atoms with van der Waals surface area (Å²) in [5.74, 6) is 0.221. The van der Waals surface area contributed by atoms with Crippen molar-refractivity contribution in [1.29, 1.82) is 0 Å². The van der Waals surface area contributed by atoms with E-state index in [1.54, 1.807) is 17.1 Å². The number of carbonyl (C=O) groups is 2. The number of anilines is 1. The maximum atomic E-state index is 12.0. The summed E-state index contributed by atoms with van der Waals surface area (Å²) in [4.78, 5) is 27.9. The molecular weight excluding hydrogens is 308 g/mol. The molecule has 3 amide bonds. The fourth-order valence-electron chi connectivity index (χ4n) is 2.84. The average Bonchev–Trinajstić information content (AvgIpc) is 3.12. The van der Waals surface area contributed by atoms with E-state index in [-0.39, 0.29) is 18.0 Å². The number of likely N-dealkylation sites (N-methyl/N-ethyl adjacent to an activating group) is 1. The number of nitrogens with zero attached hydrogens (tertiary/aromatic N) is 4. The number of amides is 3. The van der Waals surface area contributed by atoms with Crippen LogP contribution in [0.2, 0.25) is 0 Å². The molecule has 1 atom stereocenters. The van der Waals surface area contributed by atoms with E-state index in [0.717, 1.165) is 32.5 Å². The van der Waals surface area contributed by atoms with Gasteiger partial charge in [0.15, 0.2) is 0 Å². The van der Waals surface area contributed by atoms with Crippen LogP contribution in [0.15, 0.2) is 12.4 Å². The van der Waals surface area contributed by atoms with Gasteiger partial charge < -0.3 is 20.4 Å². The summed E-state index contributed by atoms with van der Waals surface area (Å²) in [5, 5.41) is 9.72. The number of aromatic nitrogens is 2. The second-order valence-electron chi connectivity index (χ2n) is 6.34.